The number of rotatable bonds is 6. The third-order valence-corrected chi connectivity index (χ3v) is 3.54. The van der Waals surface area contributed by atoms with Gasteiger partial charge in [0.15, 0.2) is 0 Å². The van der Waals surface area contributed by atoms with Gasteiger partial charge in [0.2, 0.25) is 0 Å². The zero-order valence-electron chi connectivity index (χ0n) is 8.55. The van der Waals surface area contributed by atoms with Crippen molar-refractivity contribution in [3.8, 4) is 0 Å². The monoisotopic (exact) mass is 203 g/mol. The highest BCUT2D eigenvalue weighted by molar-refractivity contribution is 7.99. The minimum absolute atomic E-state index is 0.900. The molecule has 0 amide bonds. The predicted molar refractivity (Wildman–Crippen MR) is 59.4 cm³/mol. The van der Waals surface area contributed by atoms with Gasteiger partial charge in [0.25, 0.3) is 0 Å². The van der Waals surface area contributed by atoms with Gasteiger partial charge in [0.1, 0.15) is 0 Å². The summed E-state index contributed by atoms with van der Waals surface area (Å²) >= 11 is 2.03. The van der Waals surface area contributed by atoms with Gasteiger partial charge in [0.05, 0.1) is 6.61 Å². The largest absolute Gasteiger partial charge is 0.384 e. The molecule has 0 unspecified atom stereocenters. The highest BCUT2D eigenvalue weighted by Gasteiger charge is 2.11. The Hall–Kier alpha value is 0.270. The maximum atomic E-state index is 5.00. The summed E-state index contributed by atoms with van der Waals surface area (Å²) in [5, 5.41) is 3.40. The van der Waals surface area contributed by atoms with Crippen molar-refractivity contribution in [2.75, 3.05) is 38.3 Å². The molecule has 1 fully saturated rings. The second-order valence-electron chi connectivity index (χ2n) is 3.59. The van der Waals surface area contributed by atoms with E-state index in [1.807, 2.05) is 11.8 Å². The van der Waals surface area contributed by atoms with Crippen molar-refractivity contribution in [2.24, 2.45) is 5.92 Å². The van der Waals surface area contributed by atoms with E-state index in [4.69, 9.17) is 4.74 Å². The minimum Gasteiger partial charge on any atom is -0.384 e. The summed E-state index contributed by atoms with van der Waals surface area (Å²) in [6.07, 6.45) is 4.16. The summed E-state index contributed by atoms with van der Waals surface area (Å²) in [7, 11) is 1.77. The number of nitrogens with one attached hydrogen (secondary N) is 1. The first kappa shape index (κ1) is 11.3. The molecule has 2 nitrogen and oxygen atoms in total. The molecule has 1 aliphatic rings. The molecule has 1 rings (SSSR count). The summed E-state index contributed by atoms with van der Waals surface area (Å²) in [6, 6.07) is 0. The topological polar surface area (TPSA) is 21.3 Å². The lowest BCUT2D eigenvalue weighted by molar-refractivity contribution is 0.218. The molecule has 1 saturated heterocycles. The van der Waals surface area contributed by atoms with Crippen LogP contribution >= 0.6 is 11.8 Å². The van der Waals surface area contributed by atoms with Gasteiger partial charge in [-0.15, -0.1) is 0 Å². The molecular formula is C10H21NOS. The van der Waals surface area contributed by atoms with E-state index < -0.39 is 0 Å². The Morgan fingerprint density at radius 3 is 2.77 bits per heavy atom. The number of hydrogen-bond acceptors (Lipinski definition) is 3. The molecule has 0 aromatic rings. The Morgan fingerprint density at radius 1 is 1.31 bits per heavy atom. The number of hydrogen-bond donors (Lipinski definition) is 1. The molecule has 0 saturated carbocycles. The average Bonchev–Trinajstić information content (AvgIpc) is 2.19. The number of methoxy groups -OCH3 is 1. The third kappa shape index (κ3) is 5.55. The molecule has 0 aromatic carbocycles. The summed E-state index contributed by atoms with van der Waals surface area (Å²) < 4.78 is 5.00. The number of ether oxygens (including phenoxy) is 1. The molecule has 1 aliphatic heterocycles. The second-order valence-corrected chi connectivity index (χ2v) is 4.81. The van der Waals surface area contributed by atoms with Crippen LogP contribution in [0.5, 0.6) is 0 Å². The standard InChI is InChI=1S/C10H21NOS/c1-12-7-9-13-8-4-10-2-5-11-6-3-10/h10-11H,2-9H2,1H3. The molecule has 0 aliphatic carbocycles. The molecule has 3 heteroatoms. The maximum Gasteiger partial charge on any atom is 0.0552 e. The normalized spacial score (nSPS) is 19.2. The first-order valence-electron chi connectivity index (χ1n) is 5.21. The third-order valence-electron chi connectivity index (χ3n) is 2.56. The van der Waals surface area contributed by atoms with Crippen molar-refractivity contribution in [1.29, 1.82) is 0 Å². The first-order chi connectivity index (χ1) is 6.43. The van der Waals surface area contributed by atoms with Crippen molar-refractivity contribution in [1.82, 2.24) is 5.32 Å². The summed E-state index contributed by atoms with van der Waals surface area (Å²) in [5.74, 6) is 3.45. The Morgan fingerprint density at radius 2 is 2.08 bits per heavy atom. The highest BCUT2D eigenvalue weighted by Crippen LogP contribution is 2.18. The van der Waals surface area contributed by atoms with Crippen LogP contribution in [0.4, 0.5) is 0 Å². The van der Waals surface area contributed by atoms with E-state index in [2.05, 4.69) is 5.32 Å². The molecule has 1 heterocycles. The summed E-state index contributed by atoms with van der Waals surface area (Å²) in [5.41, 5.74) is 0. The van der Waals surface area contributed by atoms with Crippen LogP contribution in [-0.4, -0.2) is 38.3 Å². The smallest absolute Gasteiger partial charge is 0.0552 e. The van der Waals surface area contributed by atoms with Gasteiger partial charge in [-0.1, -0.05) is 0 Å². The second kappa shape index (κ2) is 7.65. The van der Waals surface area contributed by atoms with Crippen molar-refractivity contribution >= 4 is 11.8 Å². The van der Waals surface area contributed by atoms with Crippen LogP contribution in [-0.2, 0) is 4.74 Å². The summed E-state index contributed by atoms with van der Waals surface area (Å²) in [4.78, 5) is 0. The molecule has 13 heavy (non-hydrogen) atoms. The Balaban J connectivity index is 1.86. The van der Waals surface area contributed by atoms with Crippen LogP contribution in [0.2, 0.25) is 0 Å². The van der Waals surface area contributed by atoms with E-state index in [1.54, 1.807) is 7.11 Å². The summed E-state index contributed by atoms with van der Waals surface area (Å²) in [6.45, 7) is 3.36. The fourth-order valence-electron chi connectivity index (χ4n) is 1.66. The maximum absolute atomic E-state index is 5.00. The average molecular weight is 203 g/mol. The Labute approximate surface area is 85.8 Å². The lowest BCUT2D eigenvalue weighted by Crippen LogP contribution is -2.27. The van der Waals surface area contributed by atoms with E-state index in [1.165, 1.54) is 38.1 Å². The van der Waals surface area contributed by atoms with Gasteiger partial charge in [-0.25, -0.2) is 0 Å². The molecule has 0 aromatic heterocycles. The van der Waals surface area contributed by atoms with Crippen molar-refractivity contribution < 1.29 is 4.74 Å². The SMILES string of the molecule is COCCSCCC1CCNCC1. The van der Waals surface area contributed by atoms with E-state index >= 15 is 0 Å². The highest BCUT2D eigenvalue weighted by atomic mass is 32.2. The van der Waals surface area contributed by atoms with E-state index in [0.29, 0.717) is 0 Å². The number of piperidine rings is 1. The first-order valence-corrected chi connectivity index (χ1v) is 6.36. The van der Waals surface area contributed by atoms with Crippen LogP contribution in [0.25, 0.3) is 0 Å². The van der Waals surface area contributed by atoms with Gasteiger partial charge in [-0.05, 0) is 44.0 Å². The van der Waals surface area contributed by atoms with Gasteiger partial charge >= 0.3 is 0 Å². The molecule has 0 atom stereocenters. The Kier molecular flexibility index (Phi) is 6.68. The van der Waals surface area contributed by atoms with Crippen molar-refractivity contribution in [3.05, 3.63) is 0 Å². The quantitative estimate of drug-likeness (QED) is 0.665. The fraction of sp³-hybridized carbons (Fsp3) is 1.00. The van der Waals surface area contributed by atoms with E-state index in [-0.39, 0.29) is 0 Å². The molecule has 0 spiro atoms. The van der Waals surface area contributed by atoms with Gasteiger partial charge in [-0.3, -0.25) is 0 Å². The zero-order valence-corrected chi connectivity index (χ0v) is 9.37. The molecule has 0 bridgehead atoms. The van der Waals surface area contributed by atoms with Crippen LogP contribution in [0.1, 0.15) is 19.3 Å². The molecule has 1 N–H and O–H groups in total. The van der Waals surface area contributed by atoms with Crippen LogP contribution in [0.15, 0.2) is 0 Å². The van der Waals surface area contributed by atoms with Crippen LogP contribution < -0.4 is 5.32 Å². The van der Waals surface area contributed by atoms with Crippen LogP contribution in [0, 0.1) is 5.92 Å². The van der Waals surface area contributed by atoms with Crippen LogP contribution in [0.3, 0.4) is 0 Å². The van der Waals surface area contributed by atoms with Crippen molar-refractivity contribution in [2.45, 2.75) is 19.3 Å². The minimum atomic E-state index is 0.900. The molecular weight excluding hydrogens is 182 g/mol. The van der Waals surface area contributed by atoms with Crippen molar-refractivity contribution in [3.63, 3.8) is 0 Å². The number of thioether (sulfide) groups is 1. The van der Waals surface area contributed by atoms with Gasteiger partial charge in [0, 0.05) is 12.9 Å². The lowest BCUT2D eigenvalue weighted by Gasteiger charge is -2.22. The van der Waals surface area contributed by atoms with E-state index in [0.717, 1.165) is 18.3 Å². The predicted octanol–water partition coefficient (Wildman–Crippen LogP) is 1.76. The lowest BCUT2D eigenvalue weighted by atomic mass is 9.96. The zero-order chi connectivity index (χ0) is 9.36. The van der Waals surface area contributed by atoms with Gasteiger partial charge in [-0.2, -0.15) is 11.8 Å². The molecule has 78 valence electrons. The van der Waals surface area contributed by atoms with E-state index in [9.17, 15) is 0 Å². The fourth-order valence-corrected chi connectivity index (χ4v) is 2.65. The molecule has 0 radical (unpaired) electrons. The van der Waals surface area contributed by atoms with Gasteiger partial charge < -0.3 is 10.1 Å². The Bertz CT molecular complexity index is 115.